The minimum atomic E-state index is -0.246. The van der Waals surface area contributed by atoms with Crippen LogP contribution in [0.1, 0.15) is 66.2 Å². The molecule has 0 atom stereocenters. The van der Waals surface area contributed by atoms with Crippen LogP contribution in [0.2, 0.25) is 0 Å². The Balaban J connectivity index is 0.000000258. The zero-order valence-corrected chi connectivity index (χ0v) is 13.2. The fraction of sp³-hybridized carbons (Fsp3) is 0.938. The van der Waals surface area contributed by atoms with Crippen LogP contribution in [-0.4, -0.2) is 24.0 Å². The van der Waals surface area contributed by atoms with Crippen molar-refractivity contribution in [2.75, 3.05) is 13.1 Å². The van der Waals surface area contributed by atoms with Gasteiger partial charge in [0.05, 0.1) is 0 Å². The van der Waals surface area contributed by atoms with E-state index >= 15 is 0 Å². The molecule has 1 aliphatic heterocycles. The lowest BCUT2D eigenvalue weighted by atomic mass is 9.66. The fourth-order valence-electron chi connectivity index (χ4n) is 2.90. The number of hydrogen-bond acceptors (Lipinski definition) is 1. The SMILES string of the molecule is CC1CCC2(CC1)CN(C(N)=O)C2.CCC(C)CC. The van der Waals surface area contributed by atoms with Crippen LogP contribution >= 0.6 is 0 Å². The van der Waals surface area contributed by atoms with Gasteiger partial charge in [0.2, 0.25) is 0 Å². The molecule has 3 nitrogen and oxygen atoms in total. The topological polar surface area (TPSA) is 46.3 Å². The number of hydrogen-bond donors (Lipinski definition) is 1. The summed E-state index contributed by atoms with van der Waals surface area (Å²) in [6.07, 6.45) is 7.89. The zero-order valence-electron chi connectivity index (χ0n) is 13.2. The van der Waals surface area contributed by atoms with Crippen molar-refractivity contribution >= 4 is 6.03 Å². The van der Waals surface area contributed by atoms with E-state index < -0.39 is 0 Å². The van der Waals surface area contributed by atoms with Gasteiger partial charge in [-0.25, -0.2) is 4.79 Å². The van der Waals surface area contributed by atoms with Gasteiger partial charge in [-0.3, -0.25) is 0 Å². The Kier molecular flexibility index (Phi) is 6.15. The van der Waals surface area contributed by atoms with Crippen molar-refractivity contribution in [1.82, 2.24) is 4.90 Å². The second-order valence-electron chi connectivity index (χ2n) is 6.80. The predicted octanol–water partition coefficient (Wildman–Crippen LogP) is 4.02. The zero-order chi connectivity index (χ0) is 14.5. The minimum absolute atomic E-state index is 0.246. The molecule has 1 heterocycles. The van der Waals surface area contributed by atoms with Gasteiger partial charge < -0.3 is 10.6 Å². The highest BCUT2D eigenvalue weighted by Crippen LogP contribution is 2.45. The Morgan fingerprint density at radius 3 is 2.05 bits per heavy atom. The average molecular weight is 268 g/mol. The molecule has 2 N–H and O–H groups in total. The molecule has 0 radical (unpaired) electrons. The molecule has 1 aliphatic carbocycles. The van der Waals surface area contributed by atoms with E-state index in [1.807, 2.05) is 0 Å². The van der Waals surface area contributed by atoms with E-state index in [0.717, 1.165) is 24.9 Å². The van der Waals surface area contributed by atoms with Crippen LogP contribution in [0.4, 0.5) is 4.79 Å². The van der Waals surface area contributed by atoms with Gasteiger partial charge in [-0.15, -0.1) is 0 Å². The van der Waals surface area contributed by atoms with E-state index in [1.54, 1.807) is 4.90 Å². The third-order valence-corrected chi connectivity index (χ3v) is 5.09. The van der Waals surface area contributed by atoms with Crippen molar-refractivity contribution in [2.45, 2.75) is 66.2 Å². The van der Waals surface area contributed by atoms with Gasteiger partial charge in [0.15, 0.2) is 0 Å². The van der Waals surface area contributed by atoms with Crippen molar-refractivity contribution < 1.29 is 4.79 Å². The summed E-state index contributed by atoms with van der Waals surface area (Å²) < 4.78 is 0. The normalized spacial score (nSPS) is 21.8. The lowest BCUT2D eigenvalue weighted by Gasteiger charge is -2.52. The highest BCUT2D eigenvalue weighted by atomic mass is 16.2. The summed E-state index contributed by atoms with van der Waals surface area (Å²) in [4.78, 5) is 12.6. The minimum Gasteiger partial charge on any atom is -0.351 e. The van der Waals surface area contributed by atoms with Crippen LogP contribution < -0.4 is 5.73 Å². The Morgan fingerprint density at radius 1 is 1.26 bits per heavy atom. The maximum absolute atomic E-state index is 10.8. The van der Waals surface area contributed by atoms with Crippen molar-refractivity contribution in [3.63, 3.8) is 0 Å². The van der Waals surface area contributed by atoms with Gasteiger partial charge in [0, 0.05) is 18.5 Å². The maximum Gasteiger partial charge on any atom is 0.314 e. The van der Waals surface area contributed by atoms with Crippen LogP contribution in [-0.2, 0) is 0 Å². The Bertz CT molecular complexity index is 270. The summed E-state index contributed by atoms with van der Waals surface area (Å²) in [6.45, 7) is 10.9. The second kappa shape index (κ2) is 7.16. The monoisotopic (exact) mass is 268 g/mol. The molecule has 3 heteroatoms. The molecule has 112 valence electrons. The molecule has 1 saturated carbocycles. The van der Waals surface area contributed by atoms with Crippen molar-refractivity contribution in [3.05, 3.63) is 0 Å². The lowest BCUT2D eigenvalue weighted by Crippen LogP contribution is -2.60. The molecule has 1 saturated heterocycles. The largest absolute Gasteiger partial charge is 0.351 e. The van der Waals surface area contributed by atoms with Gasteiger partial charge in [-0.2, -0.15) is 0 Å². The van der Waals surface area contributed by atoms with E-state index in [0.29, 0.717) is 5.41 Å². The van der Waals surface area contributed by atoms with E-state index in [1.165, 1.54) is 38.5 Å². The molecule has 19 heavy (non-hydrogen) atoms. The van der Waals surface area contributed by atoms with Crippen molar-refractivity contribution in [2.24, 2.45) is 23.0 Å². The Morgan fingerprint density at radius 2 is 1.74 bits per heavy atom. The Labute approximate surface area is 118 Å². The second-order valence-corrected chi connectivity index (χ2v) is 6.80. The highest BCUT2D eigenvalue weighted by Gasteiger charge is 2.45. The third-order valence-electron chi connectivity index (χ3n) is 5.09. The third kappa shape index (κ3) is 4.70. The van der Waals surface area contributed by atoms with Crippen molar-refractivity contribution in [3.8, 4) is 0 Å². The molecule has 0 bridgehead atoms. The first-order valence-corrected chi connectivity index (χ1v) is 7.96. The molecule has 0 unspecified atom stereocenters. The number of likely N-dealkylation sites (tertiary alicyclic amines) is 1. The van der Waals surface area contributed by atoms with E-state index in [9.17, 15) is 4.79 Å². The van der Waals surface area contributed by atoms with Crippen LogP contribution in [0, 0.1) is 17.3 Å². The van der Waals surface area contributed by atoms with Gasteiger partial charge in [0.1, 0.15) is 0 Å². The number of carbonyl (C=O) groups is 1. The number of urea groups is 1. The van der Waals surface area contributed by atoms with Gasteiger partial charge >= 0.3 is 6.03 Å². The van der Waals surface area contributed by atoms with Gasteiger partial charge in [-0.1, -0.05) is 53.4 Å². The summed E-state index contributed by atoms with van der Waals surface area (Å²) in [5.74, 6) is 1.82. The number of rotatable bonds is 2. The number of nitrogens with zero attached hydrogens (tertiary/aromatic N) is 1. The molecule has 0 aromatic rings. The first-order valence-electron chi connectivity index (χ1n) is 7.96. The van der Waals surface area contributed by atoms with Crippen molar-refractivity contribution in [1.29, 1.82) is 0 Å². The van der Waals surface area contributed by atoms with Gasteiger partial charge in [0.25, 0.3) is 0 Å². The first-order chi connectivity index (χ1) is 8.92. The molecule has 0 aromatic carbocycles. The average Bonchev–Trinajstić information content (AvgIpc) is 2.37. The molecule has 2 aliphatic rings. The summed E-state index contributed by atoms with van der Waals surface area (Å²) in [6, 6.07) is -0.246. The van der Waals surface area contributed by atoms with Crippen LogP contribution in [0.15, 0.2) is 0 Å². The summed E-state index contributed by atoms with van der Waals surface area (Å²) in [5, 5.41) is 0. The number of nitrogens with two attached hydrogens (primary N) is 1. The molecular formula is C16H32N2O. The quantitative estimate of drug-likeness (QED) is 0.807. The highest BCUT2D eigenvalue weighted by molar-refractivity contribution is 5.73. The summed E-state index contributed by atoms with van der Waals surface area (Å²) >= 11 is 0. The molecule has 2 rings (SSSR count). The summed E-state index contributed by atoms with van der Waals surface area (Å²) in [5.41, 5.74) is 5.66. The first kappa shape index (κ1) is 16.3. The molecule has 2 amide bonds. The smallest absolute Gasteiger partial charge is 0.314 e. The van der Waals surface area contributed by atoms with Crippen LogP contribution in [0.3, 0.4) is 0 Å². The lowest BCUT2D eigenvalue weighted by molar-refractivity contribution is -0.00632. The van der Waals surface area contributed by atoms with Crippen LogP contribution in [0.5, 0.6) is 0 Å². The standard InChI is InChI=1S/C10H18N2O.C6H14/c1-8-2-4-10(5-3-8)6-12(7-10)9(11)13;1-4-6(3)5-2/h8H,2-7H2,1H3,(H2,11,13);6H,4-5H2,1-3H3. The molecule has 1 spiro atoms. The number of carbonyl (C=O) groups excluding carboxylic acids is 1. The predicted molar refractivity (Wildman–Crippen MR) is 81.0 cm³/mol. The van der Waals surface area contributed by atoms with E-state index in [4.69, 9.17) is 5.73 Å². The molecular weight excluding hydrogens is 236 g/mol. The number of amides is 2. The van der Waals surface area contributed by atoms with E-state index in [2.05, 4.69) is 27.7 Å². The molecule has 2 fully saturated rings. The summed E-state index contributed by atoms with van der Waals surface area (Å²) in [7, 11) is 0. The maximum atomic E-state index is 10.8. The molecule has 0 aromatic heterocycles. The fourth-order valence-corrected chi connectivity index (χ4v) is 2.90. The van der Waals surface area contributed by atoms with Gasteiger partial charge in [-0.05, 0) is 24.7 Å². The van der Waals surface area contributed by atoms with E-state index in [-0.39, 0.29) is 6.03 Å². The number of primary amides is 1. The van der Waals surface area contributed by atoms with Crippen LogP contribution in [0.25, 0.3) is 0 Å². The Hall–Kier alpha value is -0.730.